The van der Waals surface area contributed by atoms with Crippen LogP contribution in [0.3, 0.4) is 0 Å². The molecular formula is C11H12BrFN4O3. The van der Waals surface area contributed by atoms with E-state index in [1.54, 1.807) is 12.3 Å². The van der Waals surface area contributed by atoms with Crippen LogP contribution in [0.4, 0.5) is 10.2 Å². The van der Waals surface area contributed by atoms with E-state index in [-0.39, 0.29) is 5.82 Å². The topological polar surface area (TPSA) is 106 Å². The number of nitrogens with zero attached hydrogens (tertiary/aromatic N) is 3. The first-order valence-electron chi connectivity index (χ1n) is 5.86. The van der Waals surface area contributed by atoms with Crippen molar-refractivity contribution in [1.29, 1.82) is 0 Å². The number of aliphatic hydroxyl groups is 2. The van der Waals surface area contributed by atoms with Crippen molar-refractivity contribution in [2.24, 2.45) is 0 Å². The Morgan fingerprint density at radius 2 is 2.30 bits per heavy atom. The zero-order valence-corrected chi connectivity index (χ0v) is 11.7. The van der Waals surface area contributed by atoms with E-state index >= 15 is 0 Å². The van der Waals surface area contributed by atoms with Gasteiger partial charge in [0.15, 0.2) is 6.23 Å². The average molecular weight is 347 g/mol. The summed E-state index contributed by atoms with van der Waals surface area (Å²) < 4.78 is 19.2. The third kappa shape index (κ3) is 1.81. The van der Waals surface area contributed by atoms with E-state index in [1.165, 1.54) is 10.9 Å². The van der Waals surface area contributed by atoms with Gasteiger partial charge in [-0.05, 0) is 22.0 Å². The van der Waals surface area contributed by atoms with Gasteiger partial charge < -0.3 is 25.3 Å². The van der Waals surface area contributed by atoms with Gasteiger partial charge in [0.1, 0.15) is 30.0 Å². The Hall–Kier alpha value is -1.29. The molecular weight excluding hydrogens is 335 g/mol. The first-order chi connectivity index (χ1) is 9.46. The fourth-order valence-corrected chi connectivity index (χ4v) is 2.92. The van der Waals surface area contributed by atoms with Crippen molar-refractivity contribution in [3.05, 3.63) is 18.6 Å². The monoisotopic (exact) mass is 346 g/mol. The summed E-state index contributed by atoms with van der Waals surface area (Å²) >= 11 is 2.83. The lowest BCUT2D eigenvalue weighted by molar-refractivity contribution is -0.0470. The molecule has 3 heterocycles. The Morgan fingerprint density at radius 3 is 2.95 bits per heavy atom. The summed E-state index contributed by atoms with van der Waals surface area (Å²) in [6.07, 6.45) is -0.906. The number of hydrogen-bond acceptors (Lipinski definition) is 6. The van der Waals surface area contributed by atoms with E-state index in [2.05, 4.69) is 25.9 Å². The Morgan fingerprint density at radius 1 is 1.55 bits per heavy atom. The minimum atomic E-state index is -2.24. The molecule has 2 aromatic rings. The second-order valence-electron chi connectivity index (χ2n) is 4.55. The molecule has 0 aliphatic carbocycles. The fourth-order valence-electron chi connectivity index (χ4n) is 2.30. The molecule has 0 spiro atoms. The quantitative estimate of drug-likeness (QED) is 0.676. The number of aliphatic hydroxyl groups excluding tert-OH is 2. The van der Waals surface area contributed by atoms with Gasteiger partial charge in [0.25, 0.3) is 0 Å². The number of aromatic nitrogens is 3. The van der Waals surface area contributed by atoms with E-state index in [1.807, 2.05) is 0 Å². The molecule has 1 saturated heterocycles. The van der Waals surface area contributed by atoms with Crippen LogP contribution in [0.25, 0.3) is 11.0 Å². The van der Waals surface area contributed by atoms with Crippen LogP contribution in [0.1, 0.15) is 6.23 Å². The zero-order chi connectivity index (χ0) is 14.5. The number of nitrogen functional groups attached to an aromatic ring is 1. The first-order valence-corrected chi connectivity index (χ1v) is 6.65. The van der Waals surface area contributed by atoms with Crippen molar-refractivity contribution in [2.75, 3.05) is 12.3 Å². The molecule has 3 rings (SSSR count). The summed E-state index contributed by atoms with van der Waals surface area (Å²) in [7, 11) is 0. The molecule has 0 aromatic carbocycles. The lowest BCUT2D eigenvalue weighted by Gasteiger charge is -2.23. The largest absolute Gasteiger partial charge is 0.394 e. The Balaban J connectivity index is 2.10. The van der Waals surface area contributed by atoms with Crippen molar-refractivity contribution < 1.29 is 19.3 Å². The van der Waals surface area contributed by atoms with Gasteiger partial charge in [-0.3, -0.25) is 0 Å². The van der Waals surface area contributed by atoms with Crippen molar-refractivity contribution in [2.45, 2.75) is 23.0 Å². The maximum absolute atomic E-state index is 14.6. The number of fused-ring (bicyclic) bond motifs is 1. The lowest BCUT2D eigenvalue weighted by atomic mass is 10.1. The normalized spacial score (nSPS) is 33.9. The molecule has 1 unspecified atom stereocenters. The summed E-state index contributed by atoms with van der Waals surface area (Å²) in [4.78, 5) is 7.90. The minimum Gasteiger partial charge on any atom is -0.394 e. The van der Waals surface area contributed by atoms with Gasteiger partial charge in [-0.25, -0.2) is 14.4 Å². The van der Waals surface area contributed by atoms with Crippen LogP contribution in [0.15, 0.2) is 18.6 Å². The average Bonchev–Trinajstić information content (AvgIpc) is 2.92. The van der Waals surface area contributed by atoms with E-state index < -0.39 is 29.6 Å². The highest BCUT2D eigenvalue weighted by atomic mass is 79.9. The molecule has 9 heteroatoms. The first kappa shape index (κ1) is 13.7. The van der Waals surface area contributed by atoms with Crippen molar-refractivity contribution in [3.8, 4) is 0 Å². The molecule has 1 fully saturated rings. The zero-order valence-electron chi connectivity index (χ0n) is 10.1. The highest BCUT2D eigenvalue weighted by Crippen LogP contribution is 2.47. The molecule has 2 aromatic heterocycles. The molecule has 0 bridgehead atoms. The molecule has 108 valence electrons. The van der Waals surface area contributed by atoms with E-state index in [9.17, 15) is 9.50 Å². The number of ether oxygens (including phenoxy) is 1. The summed E-state index contributed by atoms with van der Waals surface area (Å²) in [6.45, 7) is -0.495. The Labute approximate surface area is 121 Å². The summed E-state index contributed by atoms with van der Waals surface area (Å²) in [6, 6.07) is 1.63. The Kier molecular flexibility index (Phi) is 3.16. The molecule has 4 atom stereocenters. The molecule has 7 nitrogen and oxygen atoms in total. The highest BCUT2D eigenvalue weighted by molar-refractivity contribution is 9.10. The van der Waals surface area contributed by atoms with Crippen molar-refractivity contribution in [1.82, 2.24) is 14.5 Å². The van der Waals surface area contributed by atoms with Gasteiger partial charge >= 0.3 is 0 Å². The maximum Gasteiger partial charge on any atom is 0.237 e. The van der Waals surface area contributed by atoms with Gasteiger partial charge in [-0.1, -0.05) is 0 Å². The summed E-state index contributed by atoms with van der Waals surface area (Å²) in [5.74, 6) is 0.269. The van der Waals surface area contributed by atoms with Crippen LogP contribution in [-0.4, -0.2) is 48.1 Å². The van der Waals surface area contributed by atoms with Crippen LogP contribution in [0, 0.1) is 0 Å². The number of nitrogens with two attached hydrogens (primary N) is 1. The number of alkyl halides is 2. The van der Waals surface area contributed by atoms with E-state index in [4.69, 9.17) is 15.6 Å². The predicted molar refractivity (Wildman–Crippen MR) is 71.7 cm³/mol. The molecule has 1 aliphatic rings. The number of rotatable bonds is 2. The third-order valence-corrected chi connectivity index (χ3v) is 4.21. The molecule has 4 N–H and O–H groups in total. The SMILES string of the molecule is Nc1ncnc2c1ccn2[C@@H]1O[C@H](CO)[C@H](O)C1(F)Br. The van der Waals surface area contributed by atoms with Crippen LogP contribution >= 0.6 is 15.9 Å². The van der Waals surface area contributed by atoms with Crippen molar-refractivity contribution >= 4 is 32.8 Å². The number of halogens is 2. The van der Waals surface area contributed by atoms with E-state index in [0.717, 1.165) is 0 Å². The third-order valence-electron chi connectivity index (χ3n) is 3.35. The maximum atomic E-state index is 14.6. The second kappa shape index (κ2) is 4.62. The summed E-state index contributed by atoms with van der Waals surface area (Å²) in [5.41, 5.74) is 6.10. The Bertz CT molecular complexity index is 650. The van der Waals surface area contributed by atoms with Gasteiger partial charge in [-0.15, -0.1) is 0 Å². The van der Waals surface area contributed by atoms with Gasteiger partial charge in [-0.2, -0.15) is 0 Å². The lowest BCUT2D eigenvalue weighted by Crippen LogP contribution is -2.37. The van der Waals surface area contributed by atoms with Crippen molar-refractivity contribution in [3.63, 3.8) is 0 Å². The smallest absolute Gasteiger partial charge is 0.237 e. The molecule has 0 radical (unpaired) electrons. The van der Waals surface area contributed by atoms with Crippen LogP contribution in [0.5, 0.6) is 0 Å². The molecule has 20 heavy (non-hydrogen) atoms. The van der Waals surface area contributed by atoms with E-state index in [0.29, 0.717) is 11.0 Å². The highest BCUT2D eigenvalue weighted by Gasteiger charge is 2.56. The predicted octanol–water partition coefficient (Wildman–Crippen LogP) is 0.325. The van der Waals surface area contributed by atoms with Crippen LogP contribution in [-0.2, 0) is 4.74 Å². The minimum absolute atomic E-state index is 0.269. The number of anilines is 1. The standard InChI is InChI=1S/C11H12BrFN4O3/c12-11(13)7(19)6(3-18)20-10(11)17-2-1-5-8(14)15-4-16-9(5)17/h1-2,4,6-7,10,18-19H,3H2,(H2,14,15,16)/t6-,7+,10-,11?/m1/s1. The molecule has 1 aliphatic heterocycles. The number of hydrogen-bond donors (Lipinski definition) is 3. The van der Waals surface area contributed by atoms with Gasteiger partial charge in [0, 0.05) is 6.20 Å². The molecule has 0 saturated carbocycles. The second-order valence-corrected chi connectivity index (χ2v) is 5.76. The van der Waals surface area contributed by atoms with Crippen LogP contribution < -0.4 is 5.73 Å². The fraction of sp³-hybridized carbons (Fsp3) is 0.455. The summed E-state index contributed by atoms with van der Waals surface area (Å²) in [5, 5.41) is 19.5. The van der Waals surface area contributed by atoms with Crippen LogP contribution in [0.2, 0.25) is 0 Å². The van der Waals surface area contributed by atoms with Gasteiger partial charge in [0.2, 0.25) is 4.58 Å². The molecule has 0 amide bonds. The van der Waals surface area contributed by atoms with Gasteiger partial charge in [0.05, 0.1) is 12.0 Å².